The zero-order valence-electron chi connectivity index (χ0n) is 10.4. The van der Waals surface area contributed by atoms with E-state index in [-0.39, 0.29) is 6.10 Å². The van der Waals surface area contributed by atoms with E-state index in [2.05, 4.69) is 0 Å². The SMILES string of the molecule is CCC(C#N)S(=O)(=O)N(C)CC1CCCCO1. The molecule has 1 heterocycles. The third-order valence-corrected chi connectivity index (χ3v) is 5.22. The molecule has 0 spiro atoms. The van der Waals surface area contributed by atoms with Gasteiger partial charge in [-0.3, -0.25) is 0 Å². The summed E-state index contributed by atoms with van der Waals surface area (Å²) in [5.41, 5.74) is 0. The van der Waals surface area contributed by atoms with Crippen LogP contribution >= 0.6 is 0 Å². The fraction of sp³-hybridized carbons (Fsp3) is 0.909. The van der Waals surface area contributed by atoms with Gasteiger partial charge in [-0.1, -0.05) is 6.92 Å². The van der Waals surface area contributed by atoms with E-state index in [1.165, 1.54) is 11.4 Å². The molecule has 5 nitrogen and oxygen atoms in total. The molecule has 0 aromatic rings. The van der Waals surface area contributed by atoms with E-state index in [1.54, 1.807) is 6.92 Å². The van der Waals surface area contributed by atoms with Gasteiger partial charge in [-0.2, -0.15) is 5.26 Å². The molecule has 0 radical (unpaired) electrons. The number of ether oxygens (including phenoxy) is 1. The maximum absolute atomic E-state index is 12.0. The summed E-state index contributed by atoms with van der Waals surface area (Å²) in [5.74, 6) is 0. The van der Waals surface area contributed by atoms with Crippen LogP contribution in [0.2, 0.25) is 0 Å². The fourth-order valence-electron chi connectivity index (χ4n) is 1.93. The molecule has 17 heavy (non-hydrogen) atoms. The van der Waals surface area contributed by atoms with Crippen molar-refractivity contribution in [3.05, 3.63) is 0 Å². The smallest absolute Gasteiger partial charge is 0.230 e. The van der Waals surface area contributed by atoms with Gasteiger partial charge in [0, 0.05) is 20.2 Å². The Hall–Kier alpha value is -0.640. The third-order valence-electron chi connectivity index (χ3n) is 3.04. The maximum Gasteiger partial charge on any atom is 0.230 e. The molecule has 98 valence electrons. The van der Waals surface area contributed by atoms with Crippen LogP contribution in [0.3, 0.4) is 0 Å². The van der Waals surface area contributed by atoms with Crippen molar-refractivity contribution in [2.45, 2.75) is 44.0 Å². The van der Waals surface area contributed by atoms with Crippen molar-refractivity contribution in [3.63, 3.8) is 0 Å². The Bertz CT molecular complexity index is 369. The second kappa shape index (κ2) is 6.34. The third kappa shape index (κ3) is 3.66. The monoisotopic (exact) mass is 260 g/mol. The minimum absolute atomic E-state index is 0.0280. The molecule has 1 fully saturated rings. The molecule has 0 amide bonds. The Morgan fingerprint density at radius 3 is 2.71 bits per heavy atom. The Morgan fingerprint density at radius 2 is 2.24 bits per heavy atom. The number of nitrogens with zero attached hydrogens (tertiary/aromatic N) is 2. The molecule has 2 unspecified atom stereocenters. The largest absolute Gasteiger partial charge is 0.377 e. The van der Waals surface area contributed by atoms with Crippen molar-refractivity contribution in [2.24, 2.45) is 0 Å². The minimum Gasteiger partial charge on any atom is -0.377 e. The van der Waals surface area contributed by atoms with Crippen molar-refractivity contribution in [1.29, 1.82) is 5.26 Å². The van der Waals surface area contributed by atoms with Crippen LogP contribution in [-0.2, 0) is 14.8 Å². The van der Waals surface area contributed by atoms with Crippen LogP contribution in [0, 0.1) is 11.3 Å². The molecule has 1 aliphatic rings. The van der Waals surface area contributed by atoms with Gasteiger partial charge in [0.05, 0.1) is 12.2 Å². The molecular weight excluding hydrogens is 240 g/mol. The predicted molar refractivity (Wildman–Crippen MR) is 64.8 cm³/mol. The number of likely N-dealkylation sites (N-methyl/N-ethyl adjacent to an activating group) is 1. The summed E-state index contributed by atoms with van der Waals surface area (Å²) in [6.45, 7) is 2.75. The van der Waals surface area contributed by atoms with E-state index in [9.17, 15) is 8.42 Å². The molecule has 0 aliphatic carbocycles. The standard InChI is InChI=1S/C11H20N2O3S/c1-3-11(8-12)17(14,15)13(2)9-10-6-4-5-7-16-10/h10-11H,3-7,9H2,1-2H3. The molecule has 2 atom stereocenters. The highest BCUT2D eigenvalue weighted by molar-refractivity contribution is 7.89. The van der Waals surface area contributed by atoms with Gasteiger partial charge in [-0.25, -0.2) is 12.7 Å². The van der Waals surface area contributed by atoms with Crippen molar-refractivity contribution in [3.8, 4) is 6.07 Å². The molecule has 0 bridgehead atoms. The highest BCUT2D eigenvalue weighted by Crippen LogP contribution is 2.17. The van der Waals surface area contributed by atoms with Gasteiger partial charge in [0.2, 0.25) is 10.0 Å². The first-order valence-electron chi connectivity index (χ1n) is 5.98. The molecule has 1 aliphatic heterocycles. The first-order valence-corrected chi connectivity index (χ1v) is 7.49. The van der Waals surface area contributed by atoms with Crippen LogP contribution in [0.25, 0.3) is 0 Å². The molecule has 0 N–H and O–H groups in total. The molecule has 0 aromatic carbocycles. The van der Waals surface area contributed by atoms with E-state index in [0.29, 0.717) is 19.6 Å². The highest BCUT2D eigenvalue weighted by Gasteiger charge is 2.30. The summed E-state index contributed by atoms with van der Waals surface area (Å²) < 4.78 is 30.8. The summed E-state index contributed by atoms with van der Waals surface area (Å²) in [5, 5.41) is 7.88. The fourth-order valence-corrected chi connectivity index (χ4v) is 3.29. The lowest BCUT2D eigenvalue weighted by molar-refractivity contribution is 0.00853. The van der Waals surface area contributed by atoms with E-state index in [4.69, 9.17) is 10.00 Å². The van der Waals surface area contributed by atoms with Crippen LogP contribution < -0.4 is 0 Å². The summed E-state index contributed by atoms with van der Waals surface area (Å²) in [6.07, 6.45) is 3.30. The van der Waals surface area contributed by atoms with E-state index >= 15 is 0 Å². The van der Waals surface area contributed by atoms with E-state index in [1.807, 2.05) is 6.07 Å². The average Bonchev–Trinajstić information content (AvgIpc) is 2.31. The molecular formula is C11H20N2O3S. The number of sulfonamides is 1. The van der Waals surface area contributed by atoms with E-state index < -0.39 is 15.3 Å². The van der Waals surface area contributed by atoms with Gasteiger partial charge >= 0.3 is 0 Å². The van der Waals surface area contributed by atoms with Crippen molar-refractivity contribution in [1.82, 2.24) is 4.31 Å². The number of nitriles is 1. The quantitative estimate of drug-likeness (QED) is 0.742. The first-order chi connectivity index (χ1) is 8.02. The van der Waals surface area contributed by atoms with Crippen molar-refractivity contribution < 1.29 is 13.2 Å². The topological polar surface area (TPSA) is 70.4 Å². The lowest BCUT2D eigenvalue weighted by Gasteiger charge is -2.27. The maximum atomic E-state index is 12.0. The Balaban J connectivity index is 2.62. The normalized spacial score (nSPS) is 23.3. The zero-order chi connectivity index (χ0) is 12.9. The van der Waals surface area contributed by atoms with Crippen LogP contribution in [0.5, 0.6) is 0 Å². The molecule has 0 aromatic heterocycles. The molecule has 1 saturated heterocycles. The van der Waals surface area contributed by atoms with Crippen molar-refractivity contribution >= 4 is 10.0 Å². The van der Waals surface area contributed by atoms with Crippen LogP contribution in [0.4, 0.5) is 0 Å². The lowest BCUT2D eigenvalue weighted by Crippen LogP contribution is -2.41. The van der Waals surface area contributed by atoms with Gasteiger partial charge in [0.25, 0.3) is 0 Å². The zero-order valence-corrected chi connectivity index (χ0v) is 11.2. The Labute approximate surface area is 103 Å². The minimum atomic E-state index is -3.51. The van der Waals surface area contributed by atoms with Crippen LogP contribution in [-0.4, -0.2) is 44.3 Å². The Morgan fingerprint density at radius 1 is 1.53 bits per heavy atom. The second-order valence-corrected chi connectivity index (χ2v) is 6.56. The number of hydrogen-bond donors (Lipinski definition) is 0. The summed E-state index contributed by atoms with van der Waals surface area (Å²) in [4.78, 5) is 0. The van der Waals surface area contributed by atoms with Gasteiger partial charge in [-0.05, 0) is 25.7 Å². The molecule has 1 rings (SSSR count). The van der Waals surface area contributed by atoms with Crippen LogP contribution in [0.1, 0.15) is 32.6 Å². The summed E-state index contributed by atoms with van der Waals surface area (Å²) >= 11 is 0. The first kappa shape index (κ1) is 14.4. The van der Waals surface area contributed by atoms with Gasteiger partial charge in [0.15, 0.2) is 5.25 Å². The van der Waals surface area contributed by atoms with Gasteiger partial charge < -0.3 is 4.74 Å². The van der Waals surface area contributed by atoms with Crippen LogP contribution in [0.15, 0.2) is 0 Å². The number of hydrogen-bond acceptors (Lipinski definition) is 4. The predicted octanol–water partition coefficient (Wildman–Crippen LogP) is 1.12. The Kier molecular flexibility index (Phi) is 5.37. The van der Waals surface area contributed by atoms with Gasteiger partial charge in [-0.15, -0.1) is 0 Å². The molecule has 6 heteroatoms. The number of rotatable bonds is 5. The van der Waals surface area contributed by atoms with Crippen molar-refractivity contribution in [2.75, 3.05) is 20.2 Å². The molecule has 0 saturated carbocycles. The average molecular weight is 260 g/mol. The summed E-state index contributed by atoms with van der Waals surface area (Å²) in [6, 6.07) is 1.84. The van der Waals surface area contributed by atoms with Gasteiger partial charge in [0.1, 0.15) is 0 Å². The second-order valence-electron chi connectivity index (χ2n) is 4.34. The highest BCUT2D eigenvalue weighted by atomic mass is 32.2. The summed E-state index contributed by atoms with van der Waals surface area (Å²) in [7, 11) is -1.99. The lowest BCUT2D eigenvalue weighted by atomic mass is 10.1. The van der Waals surface area contributed by atoms with E-state index in [0.717, 1.165) is 19.3 Å².